The Bertz CT molecular complexity index is 868. The van der Waals surface area contributed by atoms with Crippen molar-refractivity contribution < 1.29 is 23.8 Å². The lowest BCUT2D eigenvalue weighted by Gasteiger charge is -2.34. The molecule has 1 saturated heterocycles. The molecule has 138 valence electrons. The van der Waals surface area contributed by atoms with Gasteiger partial charge in [-0.3, -0.25) is 9.59 Å². The molecule has 2 aromatic carbocycles. The highest BCUT2D eigenvalue weighted by atomic mass is 16.7. The largest absolute Gasteiger partial charge is 0.497 e. The van der Waals surface area contributed by atoms with Crippen LogP contribution < -0.4 is 4.74 Å². The normalized spacial score (nSPS) is 17.1. The molecule has 0 N–H and O–H groups in total. The standard InChI is InChI=1S/C22H20O5/c1-22(2)26-20(23)19(21(24)27-22)18(14-9-15-7-5-4-6-8-15)16-10-12-17(25-3)13-11-16/h4-8,10-13,18-19H,1-3H3/t18-/m1/s1. The Balaban J connectivity index is 2.00. The van der Waals surface area contributed by atoms with E-state index >= 15 is 0 Å². The highest BCUT2D eigenvalue weighted by Gasteiger charge is 2.47. The predicted molar refractivity (Wildman–Crippen MR) is 98.8 cm³/mol. The molecule has 3 rings (SSSR count). The number of esters is 2. The molecule has 0 bridgehead atoms. The van der Waals surface area contributed by atoms with Gasteiger partial charge in [0.1, 0.15) is 5.75 Å². The summed E-state index contributed by atoms with van der Waals surface area (Å²) in [6.07, 6.45) is 0. The molecule has 0 unspecified atom stereocenters. The van der Waals surface area contributed by atoms with Crippen LogP contribution in [0.3, 0.4) is 0 Å². The Hall–Kier alpha value is -3.26. The Morgan fingerprint density at radius 1 is 0.963 bits per heavy atom. The number of benzene rings is 2. The summed E-state index contributed by atoms with van der Waals surface area (Å²) in [6, 6.07) is 16.4. The molecule has 27 heavy (non-hydrogen) atoms. The van der Waals surface area contributed by atoms with Gasteiger partial charge in [-0.25, -0.2) is 0 Å². The molecule has 1 heterocycles. The molecule has 5 nitrogen and oxygen atoms in total. The third-order valence-corrected chi connectivity index (χ3v) is 4.15. The Morgan fingerprint density at radius 2 is 1.56 bits per heavy atom. The molecular formula is C22H20O5. The lowest BCUT2D eigenvalue weighted by molar-refractivity contribution is -0.240. The van der Waals surface area contributed by atoms with E-state index in [1.165, 1.54) is 13.8 Å². The third kappa shape index (κ3) is 4.29. The number of carbonyl (C=O) groups excluding carboxylic acids is 2. The van der Waals surface area contributed by atoms with E-state index in [1.807, 2.05) is 30.3 Å². The van der Waals surface area contributed by atoms with Crippen molar-refractivity contribution in [2.24, 2.45) is 5.92 Å². The quantitative estimate of drug-likeness (QED) is 0.475. The summed E-state index contributed by atoms with van der Waals surface area (Å²) in [5.41, 5.74) is 1.49. The first kappa shape index (κ1) is 18.5. The molecule has 0 aliphatic carbocycles. The number of ether oxygens (including phenoxy) is 3. The van der Waals surface area contributed by atoms with Gasteiger partial charge in [-0.05, 0) is 29.8 Å². The molecule has 0 spiro atoms. The summed E-state index contributed by atoms with van der Waals surface area (Å²) in [5, 5.41) is 0. The number of cyclic esters (lactones) is 2. The number of methoxy groups -OCH3 is 1. The number of hydrogen-bond acceptors (Lipinski definition) is 5. The Labute approximate surface area is 158 Å². The van der Waals surface area contributed by atoms with Crippen LogP contribution >= 0.6 is 0 Å². The van der Waals surface area contributed by atoms with E-state index in [0.717, 1.165) is 5.56 Å². The van der Waals surface area contributed by atoms with Gasteiger partial charge in [-0.1, -0.05) is 42.2 Å². The summed E-state index contributed by atoms with van der Waals surface area (Å²) in [6.45, 7) is 3.05. The topological polar surface area (TPSA) is 61.8 Å². The lowest BCUT2D eigenvalue weighted by atomic mass is 9.85. The fraction of sp³-hybridized carbons (Fsp3) is 0.273. The summed E-state index contributed by atoms with van der Waals surface area (Å²) in [7, 11) is 1.57. The van der Waals surface area contributed by atoms with Gasteiger partial charge in [0.15, 0.2) is 5.92 Å². The molecule has 0 amide bonds. The smallest absolute Gasteiger partial charge is 0.325 e. The second-order valence-corrected chi connectivity index (χ2v) is 6.61. The predicted octanol–water partition coefficient (Wildman–Crippen LogP) is 3.28. The summed E-state index contributed by atoms with van der Waals surface area (Å²) in [4.78, 5) is 25.1. The van der Waals surface area contributed by atoms with E-state index in [9.17, 15) is 9.59 Å². The van der Waals surface area contributed by atoms with Crippen LogP contribution in [0.15, 0.2) is 54.6 Å². The van der Waals surface area contributed by atoms with E-state index in [1.54, 1.807) is 31.4 Å². The van der Waals surface area contributed by atoms with E-state index in [2.05, 4.69) is 11.8 Å². The Morgan fingerprint density at radius 3 is 2.11 bits per heavy atom. The van der Waals surface area contributed by atoms with Crippen LogP contribution in [0, 0.1) is 17.8 Å². The van der Waals surface area contributed by atoms with Gasteiger partial charge >= 0.3 is 11.9 Å². The van der Waals surface area contributed by atoms with Crippen LogP contribution in [0.4, 0.5) is 0 Å². The molecule has 1 aliphatic rings. The van der Waals surface area contributed by atoms with Crippen LogP contribution in [-0.4, -0.2) is 24.8 Å². The average Bonchev–Trinajstić information content (AvgIpc) is 2.64. The van der Waals surface area contributed by atoms with Crippen molar-refractivity contribution >= 4 is 11.9 Å². The molecule has 1 atom stereocenters. The van der Waals surface area contributed by atoms with Crippen LogP contribution in [0.1, 0.15) is 30.9 Å². The Kier molecular flexibility index (Phi) is 5.18. The zero-order valence-corrected chi connectivity index (χ0v) is 15.4. The molecule has 0 aromatic heterocycles. The minimum atomic E-state index is -1.28. The highest BCUT2D eigenvalue weighted by molar-refractivity contribution is 5.98. The van der Waals surface area contributed by atoms with Crippen molar-refractivity contribution in [1.29, 1.82) is 0 Å². The molecule has 0 saturated carbocycles. The molecule has 2 aromatic rings. The minimum Gasteiger partial charge on any atom is -0.497 e. The van der Waals surface area contributed by atoms with E-state index in [0.29, 0.717) is 11.3 Å². The van der Waals surface area contributed by atoms with Crippen LogP contribution in [0.25, 0.3) is 0 Å². The number of rotatable bonds is 3. The fourth-order valence-electron chi connectivity index (χ4n) is 2.85. The molecule has 1 aliphatic heterocycles. The zero-order valence-electron chi connectivity index (χ0n) is 15.4. The summed E-state index contributed by atoms with van der Waals surface area (Å²) in [5.74, 6) is 2.35. The molecule has 1 fully saturated rings. The minimum absolute atomic E-state index is 0.639. The first-order valence-corrected chi connectivity index (χ1v) is 8.56. The second kappa shape index (κ2) is 7.55. The van der Waals surface area contributed by atoms with Gasteiger partial charge in [0.2, 0.25) is 0 Å². The van der Waals surface area contributed by atoms with Crippen LogP contribution in [0.5, 0.6) is 5.75 Å². The van der Waals surface area contributed by atoms with E-state index in [-0.39, 0.29) is 0 Å². The third-order valence-electron chi connectivity index (χ3n) is 4.15. The van der Waals surface area contributed by atoms with Gasteiger partial charge in [0, 0.05) is 19.4 Å². The molecule has 5 heteroatoms. The highest BCUT2D eigenvalue weighted by Crippen LogP contribution is 2.34. The lowest BCUT2D eigenvalue weighted by Crippen LogP contribution is -2.48. The maximum absolute atomic E-state index is 12.6. The van der Waals surface area contributed by atoms with Gasteiger partial charge in [-0.15, -0.1) is 0 Å². The zero-order chi connectivity index (χ0) is 19.4. The molecular weight excluding hydrogens is 344 g/mol. The van der Waals surface area contributed by atoms with E-state index < -0.39 is 29.6 Å². The first-order chi connectivity index (χ1) is 12.9. The van der Waals surface area contributed by atoms with Crippen molar-refractivity contribution in [2.75, 3.05) is 7.11 Å². The molecule has 0 radical (unpaired) electrons. The maximum atomic E-state index is 12.6. The van der Waals surface area contributed by atoms with Crippen molar-refractivity contribution in [3.8, 4) is 17.6 Å². The SMILES string of the molecule is COc1ccc([C@@H](C#Cc2ccccc2)C2C(=O)OC(C)(C)OC2=O)cc1. The van der Waals surface area contributed by atoms with Gasteiger partial charge in [0.25, 0.3) is 5.79 Å². The van der Waals surface area contributed by atoms with Crippen molar-refractivity contribution in [2.45, 2.75) is 25.6 Å². The number of hydrogen-bond donors (Lipinski definition) is 0. The first-order valence-electron chi connectivity index (χ1n) is 8.56. The maximum Gasteiger partial charge on any atom is 0.325 e. The van der Waals surface area contributed by atoms with Crippen LogP contribution in [-0.2, 0) is 19.1 Å². The fourth-order valence-corrected chi connectivity index (χ4v) is 2.85. The van der Waals surface area contributed by atoms with Gasteiger partial charge < -0.3 is 14.2 Å². The van der Waals surface area contributed by atoms with Crippen LogP contribution in [0.2, 0.25) is 0 Å². The van der Waals surface area contributed by atoms with Gasteiger partial charge in [-0.2, -0.15) is 0 Å². The van der Waals surface area contributed by atoms with Crippen molar-refractivity contribution in [1.82, 2.24) is 0 Å². The second-order valence-electron chi connectivity index (χ2n) is 6.61. The summed E-state index contributed by atoms with van der Waals surface area (Å²) >= 11 is 0. The monoisotopic (exact) mass is 364 g/mol. The summed E-state index contributed by atoms with van der Waals surface area (Å²) < 4.78 is 15.7. The van der Waals surface area contributed by atoms with Crippen molar-refractivity contribution in [3.05, 3.63) is 65.7 Å². The van der Waals surface area contributed by atoms with Gasteiger partial charge in [0.05, 0.1) is 13.0 Å². The number of carbonyl (C=O) groups is 2. The van der Waals surface area contributed by atoms with Crippen molar-refractivity contribution in [3.63, 3.8) is 0 Å². The average molecular weight is 364 g/mol. The van der Waals surface area contributed by atoms with E-state index in [4.69, 9.17) is 14.2 Å².